The number of fused-ring (bicyclic) bond motifs is 1. The largest absolute Gasteiger partial charge is 0.394 e. The predicted molar refractivity (Wildman–Crippen MR) is 84.6 cm³/mol. The predicted octanol–water partition coefficient (Wildman–Crippen LogP) is -0.321. The van der Waals surface area contributed by atoms with E-state index in [1.54, 1.807) is 6.92 Å². The van der Waals surface area contributed by atoms with Gasteiger partial charge in [-0.05, 0) is 6.92 Å². The fraction of sp³-hybridized carbons (Fsp3) is 0.500. The maximum Gasteiger partial charge on any atom is 0.215 e. The molecule has 1 fully saturated rings. The van der Waals surface area contributed by atoms with Gasteiger partial charge in [-0.1, -0.05) is 11.6 Å². The Morgan fingerprint density at radius 1 is 1.46 bits per heavy atom. The molecule has 0 aliphatic carbocycles. The van der Waals surface area contributed by atoms with Gasteiger partial charge < -0.3 is 20.1 Å². The van der Waals surface area contributed by atoms with Crippen LogP contribution in [0.15, 0.2) is 12.4 Å². The Morgan fingerprint density at radius 3 is 2.79 bits per heavy atom. The number of anilines is 1. The summed E-state index contributed by atoms with van der Waals surface area (Å²) in [6, 6.07) is 1.52. The minimum absolute atomic E-state index is 0.292. The maximum atomic E-state index is 11.1. The zero-order valence-electron chi connectivity index (χ0n) is 12.8. The zero-order valence-corrected chi connectivity index (χ0v) is 13.5. The average Bonchev–Trinajstić information content (AvgIpc) is 3.11. The van der Waals surface area contributed by atoms with Crippen molar-refractivity contribution in [2.75, 3.05) is 18.1 Å². The van der Waals surface area contributed by atoms with E-state index in [9.17, 15) is 20.1 Å². The molecular weight excluding hydrogens is 340 g/mol. The van der Waals surface area contributed by atoms with Crippen molar-refractivity contribution in [1.29, 1.82) is 0 Å². The normalized spacial score (nSPS) is 26.9. The van der Waals surface area contributed by atoms with Crippen LogP contribution >= 0.6 is 11.6 Å². The Hall–Kier alpha value is -1.78. The lowest BCUT2D eigenvalue weighted by molar-refractivity contribution is -0.107. The van der Waals surface area contributed by atoms with Gasteiger partial charge in [0.05, 0.1) is 18.0 Å². The number of pyridine rings is 1. The Kier molecular flexibility index (Phi) is 4.70. The Balaban J connectivity index is 2.08. The summed E-state index contributed by atoms with van der Waals surface area (Å²) in [5, 5.41) is 29.6. The number of aliphatic hydroxyl groups excluding tert-OH is 3. The van der Waals surface area contributed by atoms with Crippen molar-refractivity contribution < 1.29 is 24.9 Å². The lowest BCUT2D eigenvalue weighted by Crippen LogP contribution is -2.33. The van der Waals surface area contributed by atoms with E-state index < -0.39 is 31.1 Å². The second kappa shape index (κ2) is 6.61. The van der Waals surface area contributed by atoms with Crippen LogP contribution in [0, 0.1) is 0 Å². The standard InChI is InChI=1S/C14H17ClN4O5/c1-2-18(6-21)9-3-7(15)10-13(17-9)19(5-16-10)14-12(23)11(22)8(4-20)24-14/h3,5-6,8,11-12,14,20,22-23H,2,4H2,1H3/t8-,11-,12-,14-/m1/s1. The number of halogens is 1. The molecule has 4 atom stereocenters. The van der Waals surface area contributed by atoms with Gasteiger partial charge in [-0.3, -0.25) is 14.3 Å². The number of ether oxygens (including phenoxy) is 1. The number of aromatic nitrogens is 3. The van der Waals surface area contributed by atoms with Crippen LogP contribution in [0.25, 0.3) is 11.2 Å². The van der Waals surface area contributed by atoms with Crippen LogP contribution in [0.4, 0.5) is 5.82 Å². The topological polar surface area (TPSA) is 121 Å². The molecular formula is C14H17ClN4O5. The molecule has 1 amide bonds. The van der Waals surface area contributed by atoms with Crippen molar-refractivity contribution in [1.82, 2.24) is 14.5 Å². The van der Waals surface area contributed by atoms with E-state index in [4.69, 9.17) is 16.3 Å². The van der Waals surface area contributed by atoms with Gasteiger partial charge in [-0.15, -0.1) is 0 Å². The zero-order chi connectivity index (χ0) is 17.4. The summed E-state index contributed by atoms with van der Waals surface area (Å²) in [4.78, 5) is 21.0. The summed E-state index contributed by atoms with van der Waals surface area (Å²) >= 11 is 6.21. The second-order valence-corrected chi connectivity index (χ2v) is 5.81. The number of carbonyl (C=O) groups excluding carboxylic acids is 1. The smallest absolute Gasteiger partial charge is 0.215 e. The van der Waals surface area contributed by atoms with Crippen molar-refractivity contribution in [2.24, 2.45) is 0 Å². The lowest BCUT2D eigenvalue weighted by Gasteiger charge is -2.18. The number of aliphatic hydroxyl groups is 3. The second-order valence-electron chi connectivity index (χ2n) is 5.41. The van der Waals surface area contributed by atoms with Gasteiger partial charge in [0, 0.05) is 12.6 Å². The summed E-state index contributed by atoms with van der Waals surface area (Å²) in [5.74, 6) is 0.332. The highest BCUT2D eigenvalue weighted by Gasteiger charge is 2.44. The van der Waals surface area contributed by atoms with Gasteiger partial charge in [0.25, 0.3) is 0 Å². The third-order valence-corrected chi connectivity index (χ3v) is 4.31. The van der Waals surface area contributed by atoms with Gasteiger partial charge in [-0.25, -0.2) is 9.97 Å². The number of amides is 1. The van der Waals surface area contributed by atoms with E-state index in [-0.39, 0.29) is 0 Å². The molecule has 1 aliphatic heterocycles. The highest BCUT2D eigenvalue weighted by Crippen LogP contribution is 2.33. The highest BCUT2D eigenvalue weighted by molar-refractivity contribution is 6.35. The van der Waals surface area contributed by atoms with E-state index in [0.29, 0.717) is 35.0 Å². The fourth-order valence-corrected chi connectivity index (χ4v) is 2.92. The first-order valence-electron chi connectivity index (χ1n) is 7.39. The number of rotatable bonds is 5. The SMILES string of the molecule is CCN(C=O)c1cc(Cl)c2ncn([C@@H]3O[C@H](CO)[C@@H](O)[C@H]3O)c2n1. The van der Waals surface area contributed by atoms with Crippen LogP contribution in [-0.2, 0) is 9.53 Å². The lowest BCUT2D eigenvalue weighted by atomic mass is 10.1. The van der Waals surface area contributed by atoms with Crippen LogP contribution in [0.2, 0.25) is 5.02 Å². The summed E-state index contributed by atoms with van der Waals surface area (Å²) in [7, 11) is 0. The molecule has 3 N–H and O–H groups in total. The minimum atomic E-state index is -1.27. The molecule has 0 spiro atoms. The van der Waals surface area contributed by atoms with Crippen molar-refractivity contribution in [3.63, 3.8) is 0 Å². The third-order valence-electron chi connectivity index (χ3n) is 4.02. The minimum Gasteiger partial charge on any atom is -0.394 e. The third kappa shape index (κ3) is 2.64. The van der Waals surface area contributed by atoms with Crippen molar-refractivity contribution in [2.45, 2.75) is 31.5 Å². The molecule has 24 heavy (non-hydrogen) atoms. The molecule has 3 rings (SSSR count). The van der Waals surface area contributed by atoms with E-state index in [0.717, 1.165) is 0 Å². The highest BCUT2D eigenvalue weighted by atomic mass is 35.5. The molecule has 0 aromatic carbocycles. The molecule has 10 heteroatoms. The fourth-order valence-electron chi connectivity index (χ4n) is 2.69. The van der Waals surface area contributed by atoms with Gasteiger partial charge in [-0.2, -0.15) is 0 Å². The van der Waals surface area contributed by atoms with Gasteiger partial charge in [0.15, 0.2) is 11.9 Å². The molecule has 2 aromatic rings. The average molecular weight is 357 g/mol. The van der Waals surface area contributed by atoms with E-state index in [2.05, 4.69) is 9.97 Å². The molecule has 2 aromatic heterocycles. The summed E-state index contributed by atoms with van der Waals surface area (Å²) in [6.07, 6.45) is -2.38. The molecule has 1 aliphatic rings. The number of carbonyl (C=O) groups is 1. The van der Waals surface area contributed by atoms with Crippen LogP contribution in [-0.4, -0.2) is 67.7 Å². The van der Waals surface area contributed by atoms with Gasteiger partial charge >= 0.3 is 0 Å². The molecule has 3 heterocycles. The molecule has 9 nitrogen and oxygen atoms in total. The van der Waals surface area contributed by atoms with Crippen molar-refractivity contribution >= 4 is 35.0 Å². The first-order valence-corrected chi connectivity index (χ1v) is 7.77. The van der Waals surface area contributed by atoms with Crippen LogP contribution in [0.3, 0.4) is 0 Å². The van der Waals surface area contributed by atoms with E-state index >= 15 is 0 Å². The van der Waals surface area contributed by atoms with Crippen molar-refractivity contribution in [3.05, 3.63) is 17.4 Å². The van der Waals surface area contributed by atoms with Crippen molar-refractivity contribution in [3.8, 4) is 0 Å². The number of hydrogen-bond acceptors (Lipinski definition) is 7. The van der Waals surface area contributed by atoms with Gasteiger partial charge in [0.2, 0.25) is 6.41 Å². The summed E-state index contributed by atoms with van der Waals surface area (Å²) in [6.45, 7) is 1.76. The summed E-state index contributed by atoms with van der Waals surface area (Å²) < 4.78 is 6.91. The first-order chi connectivity index (χ1) is 11.5. The first kappa shape index (κ1) is 17.1. The Bertz CT molecular complexity index is 754. The van der Waals surface area contributed by atoms with Gasteiger partial charge in [0.1, 0.15) is 29.6 Å². The molecule has 0 unspecified atom stereocenters. The van der Waals surface area contributed by atoms with Crippen LogP contribution in [0.1, 0.15) is 13.2 Å². The molecule has 0 saturated carbocycles. The van der Waals surface area contributed by atoms with E-state index in [1.165, 1.54) is 21.9 Å². The maximum absolute atomic E-state index is 11.1. The summed E-state index contributed by atoms with van der Waals surface area (Å²) in [5.41, 5.74) is 0.674. The molecule has 0 radical (unpaired) electrons. The Morgan fingerprint density at radius 2 is 2.21 bits per heavy atom. The quantitative estimate of drug-likeness (QED) is 0.628. The molecule has 130 valence electrons. The van der Waals surface area contributed by atoms with E-state index in [1.807, 2.05) is 0 Å². The van der Waals surface area contributed by atoms with Crippen LogP contribution in [0.5, 0.6) is 0 Å². The molecule has 0 bridgehead atoms. The van der Waals surface area contributed by atoms with Crippen LogP contribution < -0.4 is 4.90 Å². The number of nitrogens with zero attached hydrogens (tertiary/aromatic N) is 4. The molecule has 1 saturated heterocycles. The Labute approximate surface area is 142 Å². The number of imidazole rings is 1. The number of hydrogen-bond donors (Lipinski definition) is 3. The monoisotopic (exact) mass is 356 g/mol.